The average molecular weight is 818 g/mol. The van der Waals surface area contributed by atoms with Crippen LogP contribution >= 0.6 is 0 Å². The minimum absolute atomic E-state index is 0.559. The summed E-state index contributed by atoms with van der Waals surface area (Å²) in [6.07, 6.45) is 0. The first-order valence-electron chi connectivity index (χ1n) is 21.9. The normalized spacial score (nSPS) is 13.1. The van der Waals surface area contributed by atoms with Gasteiger partial charge in [0.2, 0.25) is 0 Å². The van der Waals surface area contributed by atoms with Crippen molar-refractivity contribution in [3.05, 3.63) is 259 Å². The van der Waals surface area contributed by atoms with Gasteiger partial charge in [0.05, 0.1) is 16.8 Å². The van der Waals surface area contributed by atoms with Gasteiger partial charge in [0.25, 0.3) is 0 Å². The van der Waals surface area contributed by atoms with Crippen LogP contribution in [-0.4, -0.2) is 0 Å². The molecule has 0 saturated heterocycles. The Kier molecular flexibility index (Phi) is 8.13. The standard InChI is InChI=1S/C61H39NO2/c1-3-17-40(18-4-1)45-21-7-8-22-46(45)42-31-33-43(34-32-42)62(55-30-16-12-23-47(55)41-19-5-2-6-20-41)44-35-37-56-58(39-44)63-57-38-36-51-50-26-11-15-29-54(50)61(59(51)60(57)64-56)52-27-13-9-24-48(52)49-25-10-14-28-53(49)61/h1-39H. The van der Waals surface area contributed by atoms with E-state index in [1.165, 1.54) is 55.6 Å². The molecule has 0 atom stereocenters. The Labute approximate surface area is 372 Å². The Morgan fingerprint density at radius 2 is 0.750 bits per heavy atom. The molecule has 0 N–H and O–H groups in total. The fourth-order valence-electron chi connectivity index (χ4n) is 10.7. The Morgan fingerprint density at radius 1 is 0.297 bits per heavy atom. The number of para-hydroxylation sites is 1. The zero-order valence-electron chi connectivity index (χ0n) is 34.8. The summed E-state index contributed by atoms with van der Waals surface area (Å²) < 4.78 is 14.2. The van der Waals surface area contributed by atoms with Crippen LogP contribution in [0.15, 0.2) is 237 Å². The molecule has 0 radical (unpaired) electrons. The van der Waals surface area contributed by atoms with Crippen molar-refractivity contribution in [2.24, 2.45) is 0 Å². The summed E-state index contributed by atoms with van der Waals surface area (Å²) in [5.74, 6) is 2.81. The molecule has 3 nitrogen and oxygen atoms in total. The van der Waals surface area contributed by atoms with E-state index >= 15 is 0 Å². The third-order valence-electron chi connectivity index (χ3n) is 13.4. The number of ether oxygens (including phenoxy) is 2. The maximum Gasteiger partial charge on any atom is 0.175 e. The van der Waals surface area contributed by atoms with Gasteiger partial charge in [0, 0.05) is 22.9 Å². The first-order chi connectivity index (χ1) is 31.8. The molecule has 10 aromatic rings. The number of fused-ring (bicyclic) bond motifs is 13. The van der Waals surface area contributed by atoms with Crippen LogP contribution in [-0.2, 0) is 5.41 Å². The van der Waals surface area contributed by atoms with E-state index in [1.807, 2.05) is 0 Å². The fourth-order valence-corrected chi connectivity index (χ4v) is 10.7. The summed E-state index contributed by atoms with van der Waals surface area (Å²) in [7, 11) is 0. The van der Waals surface area contributed by atoms with Crippen LogP contribution in [0, 0.1) is 0 Å². The van der Waals surface area contributed by atoms with Crippen LogP contribution in [0.25, 0.3) is 55.6 Å². The van der Waals surface area contributed by atoms with E-state index in [1.54, 1.807) is 0 Å². The summed E-state index contributed by atoms with van der Waals surface area (Å²) in [6.45, 7) is 0. The number of rotatable bonds is 6. The molecule has 0 fully saturated rings. The van der Waals surface area contributed by atoms with Gasteiger partial charge in [-0.25, -0.2) is 0 Å². The molecule has 0 amide bonds. The third kappa shape index (κ3) is 5.34. The monoisotopic (exact) mass is 817 g/mol. The number of hydrogen-bond donors (Lipinski definition) is 0. The van der Waals surface area contributed by atoms with E-state index in [2.05, 4.69) is 241 Å². The lowest BCUT2D eigenvalue weighted by Crippen LogP contribution is -2.26. The topological polar surface area (TPSA) is 21.7 Å². The molecule has 1 heterocycles. The molecule has 300 valence electrons. The molecule has 64 heavy (non-hydrogen) atoms. The van der Waals surface area contributed by atoms with Gasteiger partial charge in [-0.1, -0.05) is 194 Å². The SMILES string of the molecule is c1ccc(-c2ccccc2-c2ccc(N(c3ccc4c(c3)Oc3ccc5c(c3O4)C3(c4ccccc4-c4ccccc43)c3ccccc3-5)c3ccccc3-c3ccccc3)cc2)cc1. The molecular weight excluding hydrogens is 779 g/mol. The van der Waals surface area contributed by atoms with E-state index in [0.717, 1.165) is 45.1 Å². The summed E-state index contributed by atoms with van der Waals surface area (Å²) in [6, 6.07) is 84.6. The first-order valence-corrected chi connectivity index (χ1v) is 21.9. The number of hydrogen-bond acceptors (Lipinski definition) is 3. The van der Waals surface area contributed by atoms with Crippen molar-refractivity contribution in [2.75, 3.05) is 4.90 Å². The van der Waals surface area contributed by atoms with Crippen LogP contribution in [0.1, 0.15) is 22.3 Å². The lowest BCUT2D eigenvalue weighted by molar-refractivity contribution is 0.355. The van der Waals surface area contributed by atoms with Crippen LogP contribution in [0.2, 0.25) is 0 Å². The molecule has 0 saturated carbocycles. The number of benzene rings is 10. The molecule has 1 spiro atoms. The van der Waals surface area contributed by atoms with Gasteiger partial charge in [-0.2, -0.15) is 0 Å². The van der Waals surface area contributed by atoms with Crippen molar-refractivity contribution in [1.29, 1.82) is 0 Å². The second kappa shape index (κ2) is 14.3. The Balaban J connectivity index is 0.946. The van der Waals surface area contributed by atoms with Crippen molar-refractivity contribution in [3.63, 3.8) is 0 Å². The molecule has 0 unspecified atom stereocenters. The van der Waals surface area contributed by atoms with E-state index in [0.29, 0.717) is 17.2 Å². The summed E-state index contributed by atoms with van der Waals surface area (Å²) in [5.41, 5.74) is 19.3. The molecule has 3 heteroatoms. The van der Waals surface area contributed by atoms with Crippen LogP contribution in [0.5, 0.6) is 23.0 Å². The van der Waals surface area contributed by atoms with Gasteiger partial charge in [-0.15, -0.1) is 0 Å². The summed E-state index contributed by atoms with van der Waals surface area (Å²) in [5, 5.41) is 0. The van der Waals surface area contributed by atoms with Gasteiger partial charge in [0.15, 0.2) is 23.0 Å². The Hall–Kier alpha value is -8.40. The minimum atomic E-state index is -0.559. The van der Waals surface area contributed by atoms with Gasteiger partial charge in [-0.05, 0) is 103 Å². The smallest absolute Gasteiger partial charge is 0.175 e. The van der Waals surface area contributed by atoms with Crippen molar-refractivity contribution in [2.45, 2.75) is 5.41 Å². The second-order valence-electron chi connectivity index (χ2n) is 16.7. The first kappa shape index (κ1) is 36.3. The molecule has 3 aliphatic rings. The molecule has 2 aliphatic carbocycles. The Morgan fingerprint density at radius 3 is 1.36 bits per heavy atom. The molecule has 0 aromatic heterocycles. The maximum atomic E-state index is 7.18. The quantitative estimate of drug-likeness (QED) is 0.167. The minimum Gasteiger partial charge on any atom is -0.449 e. The van der Waals surface area contributed by atoms with Crippen molar-refractivity contribution in [1.82, 2.24) is 0 Å². The fraction of sp³-hybridized carbons (Fsp3) is 0.0164. The molecule has 0 bridgehead atoms. The van der Waals surface area contributed by atoms with Gasteiger partial charge in [-0.3, -0.25) is 0 Å². The highest BCUT2D eigenvalue weighted by molar-refractivity contribution is 5.97. The number of nitrogens with zero attached hydrogens (tertiary/aromatic N) is 1. The van der Waals surface area contributed by atoms with Crippen LogP contribution in [0.3, 0.4) is 0 Å². The van der Waals surface area contributed by atoms with E-state index < -0.39 is 5.41 Å². The largest absolute Gasteiger partial charge is 0.449 e. The highest BCUT2D eigenvalue weighted by atomic mass is 16.6. The molecule has 10 aromatic carbocycles. The lowest BCUT2D eigenvalue weighted by atomic mass is 9.70. The zero-order chi connectivity index (χ0) is 42.2. The summed E-state index contributed by atoms with van der Waals surface area (Å²) in [4.78, 5) is 2.33. The van der Waals surface area contributed by atoms with Gasteiger partial charge < -0.3 is 14.4 Å². The van der Waals surface area contributed by atoms with E-state index in [9.17, 15) is 0 Å². The van der Waals surface area contributed by atoms with E-state index in [-0.39, 0.29) is 0 Å². The van der Waals surface area contributed by atoms with Gasteiger partial charge in [0.1, 0.15) is 0 Å². The number of anilines is 3. The van der Waals surface area contributed by atoms with Crippen LogP contribution < -0.4 is 14.4 Å². The molecular formula is C61H39NO2. The van der Waals surface area contributed by atoms with E-state index in [4.69, 9.17) is 9.47 Å². The maximum absolute atomic E-state index is 7.18. The predicted molar refractivity (Wildman–Crippen MR) is 260 cm³/mol. The molecule has 13 rings (SSSR count). The van der Waals surface area contributed by atoms with Gasteiger partial charge >= 0.3 is 0 Å². The third-order valence-corrected chi connectivity index (χ3v) is 13.4. The zero-order valence-corrected chi connectivity index (χ0v) is 34.8. The highest BCUT2D eigenvalue weighted by Crippen LogP contribution is 2.67. The predicted octanol–water partition coefficient (Wildman–Crippen LogP) is 16.4. The van der Waals surface area contributed by atoms with Crippen molar-refractivity contribution in [3.8, 4) is 78.6 Å². The second-order valence-corrected chi connectivity index (χ2v) is 16.7. The lowest BCUT2D eigenvalue weighted by Gasteiger charge is -2.34. The summed E-state index contributed by atoms with van der Waals surface area (Å²) >= 11 is 0. The average Bonchev–Trinajstić information content (AvgIpc) is 3.84. The highest BCUT2D eigenvalue weighted by Gasteiger charge is 2.54. The molecule has 1 aliphatic heterocycles. The van der Waals surface area contributed by atoms with Crippen molar-refractivity contribution < 1.29 is 9.47 Å². The van der Waals surface area contributed by atoms with Crippen molar-refractivity contribution >= 4 is 17.1 Å². The Bertz CT molecular complexity index is 3380. The van der Waals surface area contributed by atoms with Crippen LogP contribution in [0.4, 0.5) is 17.1 Å².